The third-order valence-corrected chi connectivity index (χ3v) is 4.24. The number of carbonyl (C=O) groups excluding carboxylic acids is 2. The van der Waals surface area contributed by atoms with Crippen molar-refractivity contribution in [1.29, 1.82) is 0 Å². The maximum absolute atomic E-state index is 12.5. The predicted molar refractivity (Wildman–Crippen MR) is 107 cm³/mol. The Morgan fingerprint density at radius 1 is 1.18 bits per heavy atom. The van der Waals surface area contributed by atoms with Crippen LogP contribution in [0.1, 0.15) is 24.2 Å². The zero-order valence-electron chi connectivity index (χ0n) is 15.1. The minimum Gasteiger partial charge on any atom is -0.490 e. The van der Waals surface area contributed by atoms with E-state index < -0.39 is 11.8 Å². The second-order valence-corrected chi connectivity index (χ2v) is 6.63. The molecule has 0 aliphatic carbocycles. The highest BCUT2D eigenvalue weighted by Crippen LogP contribution is 2.29. The van der Waals surface area contributed by atoms with Gasteiger partial charge in [0.1, 0.15) is 5.56 Å². The predicted octanol–water partition coefficient (Wildman–Crippen LogP) is 4.65. The number of hydrogen-bond acceptors (Lipinski definition) is 5. The summed E-state index contributed by atoms with van der Waals surface area (Å²) in [6.45, 7) is 3.54. The van der Waals surface area contributed by atoms with E-state index in [9.17, 15) is 9.59 Å². The van der Waals surface area contributed by atoms with Crippen LogP contribution in [0.4, 0.5) is 5.69 Å². The van der Waals surface area contributed by atoms with Gasteiger partial charge in [-0.3, -0.25) is 14.9 Å². The number of ether oxygens (including phenoxy) is 1. The van der Waals surface area contributed by atoms with Crippen LogP contribution in [0.3, 0.4) is 0 Å². The van der Waals surface area contributed by atoms with E-state index in [1.54, 1.807) is 36.4 Å². The molecule has 144 valence electrons. The van der Waals surface area contributed by atoms with Gasteiger partial charge in [0.05, 0.1) is 17.3 Å². The Morgan fingerprint density at radius 2 is 1.96 bits per heavy atom. The van der Waals surface area contributed by atoms with Crippen LogP contribution in [0, 0.1) is 0 Å². The molecule has 3 aromatic rings. The zero-order valence-corrected chi connectivity index (χ0v) is 16.6. The zero-order chi connectivity index (χ0) is 20.3. The quantitative estimate of drug-likeness (QED) is 0.668. The fraction of sp³-hybridized carbons (Fsp3) is 0.150. The summed E-state index contributed by atoms with van der Waals surface area (Å²) >= 11 is 12.1. The number of imide groups is 1. The lowest BCUT2D eigenvalue weighted by Gasteiger charge is -2.09. The summed E-state index contributed by atoms with van der Waals surface area (Å²) in [7, 11) is 0. The van der Waals surface area contributed by atoms with Gasteiger partial charge in [-0.15, -0.1) is 0 Å². The molecule has 8 heteroatoms. The monoisotopic (exact) mass is 418 g/mol. The Balaban J connectivity index is 2.29. The number of amides is 2. The summed E-state index contributed by atoms with van der Waals surface area (Å²) in [6, 6.07) is 11.6. The topological polar surface area (TPSA) is 80.9 Å². The number of fused-ring (bicyclic) bond motifs is 1. The second kappa shape index (κ2) is 8.46. The molecule has 0 atom stereocenters. The van der Waals surface area contributed by atoms with Crippen LogP contribution in [0.2, 0.25) is 10.0 Å². The van der Waals surface area contributed by atoms with E-state index in [-0.39, 0.29) is 11.1 Å². The van der Waals surface area contributed by atoms with Crippen LogP contribution in [0.25, 0.3) is 11.0 Å². The van der Waals surface area contributed by atoms with Gasteiger partial charge in [0.25, 0.3) is 5.91 Å². The Kier molecular flexibility index (Phi) is 6.02. The number of nitrogens with zero attached hydrogens (tertiary/aromatic N) is 1. The van der Waals surface area contributed by atoms with Crippen molar-refractivity contribution < 1.29 is 18.7 Å². The number of hydrogen-bond donors (Lipinski definition) is 1. The first-order chi connectivity index (χ1) is 13.4. The summed E-state index contributed by atoms with van der Waals surface area (Å²) in [5.41, 5.74) is 0.859. The van der Waals surface area contributed by atoms with E-state index in [0.29, 0.717) is 39.1 Å². The SMILES string of the molecule is CCOc1cccc2cc(C(=O)NC(C)=O)c(=Nc3ccc(Cl)cc3Cl)oc12. The molecule has 0 aliphatic heterocycles. The lowest BCUT2D eigenvalue weighted by Crippen LogP contribution is -2.32. The molecule has 2 amide bonds. The van der Waals surface area contributed by atoms with Crippen LogP contribution in [0.5, 0.6) is 5.75 Å². The standard InChI is InChI=1S/C20H16Cl2N2O4/c1-3-27-17-6-4-5-12-9-14(19(26)23-11(2)25)20(28-18(12)17)24-16-8-7-13(21)10-15(16)22/h4-10H,3H2,1-2H3,(H,23,25,26). The van der Waals surface area contributed by atoms with Crippen LogP contribution in [-0.4, -0.2) is 18.4 Å². The molecule has 1 heterocycles. The molecule has 6 nitrogen and oxygen atoms in total. The highest BCUT2D eigenvalue weighted by molar-refractivity contribution is 6.36. The molecule has 1 aromatic heterocycles. The fourth-order valence-electron chi connectivity index (χ4n) is 2.55. The molecule has 2 aromatic carbocycles. The summed E-state index contributed by atoms with van der Waals surface area (Å²) in [5, 5.41) is 3.60. The van der Waals surface area contributed by atoms with Gasteiger partial charge in [0.15, 0.2) is 11.3 Å². The summed E-state index contributed by atoms with van der Waals surface area (Å²) < 4.78 is 11.5. The molecular formula is C20H16Cl2N2O4. The maximum atomic E-state index is 12.5. The first-order valence-corrected chi connectivity index (χ1v) is 9.16. The Labute approximate surface area is 170 Å². The van der Waals surface area contributed by atoms with E-state index in [1.165, 1.54) is 13.0 Å². The van der Waals surface area contributed by atoms with Gasteiger partial charge in [-0.25, -0.2) is 4.99 Å². The number of para-hydroxylation sites is 1. The molecule has 0 saturated heterocycles. The van der Waals surface area contributed by atoms with Crippen molar-refractivity contribution >= 4 is 51.7 Å². The molecule has 0 aliphatic rings. The van der Waals surface area contributed by atoms with Gasteiger partial charge in [-0.1, -0.05) is 35.3 Å². The van der Waals surface area contributed by atoms with Gasteiger partial charge in [0.2, 0.25) is 11.5 Å². The number of halogens is 2. The molecule has 0 spiro atoms. The van der Waals surface area contributed by atoms with Crippen molar-refractivity contribution in [3.05, 3.63) is 63.6 Å². The molecule has 0 saturated carbocycles. The van der Waals surface area contributed by atoms with E-state index in [4.69, 9.17) is 32.4 Å². The minimum absolute atomic E-state index is 0.0115. The third kappa shape index (κ3) is 4.35. The van der Waals surface area contributed by atoms with Gasteiger partial charge in [-0.2, -0.15) is 0 Å². The molecule has 0 fully saturated rings. The normalized spacial score (nSPS) is 11.5. The van der Waals surface area contributed by atoms with E-state index in [1.807, 2.05) is 6.92 Å². The summed E-state index contributed by atoms with van der Waals surface area (Å²) in [4.78, 5) is 28.2. The van der Waals surface area contributed by atoms with Crippen molar-refractivity contribution in [2.45, 2.75) is 13.8 Å². The van der Waals surface area contributed by atoms with Gasteiger partial charge >= 0.3 is 0 Å². The smallest absolute Gasteiger partial charge is 0.263 e. The van der Waals surface area contributed by atoms with Crippen molar-refractivity contribution in [3.8, 4) is 5.75 Å². The van der Waals surface area contributed by atoms with Gasteiger partial charge in [0, 0.05) is 17.3 Å². The van der Waals surface area contributed by atoms with Crippen LogP contribution < -0.4 is 15.6 Å². The van der Waals surface area contributed by atoms with Crippen LogP contribution in [-0.2, 0) is 4.79 Å². The third-order valence-electron chi connectivity index (χ3n) is 3.70. The molecule has 0 bridgehead atoms. The van der Waals surface area contributed by atoms with Crippen molar-refractivity contribution in [3.63, 3.8) is 0 Å². The maximum Gasteiger partial charge on any atom is 0.263 e. The fourth-order valence-corrected chi connectivity index (χ4v) is 3.00. The molecule has 28 heavy (non-hydrogen) atoms. The average molecular weight is 419 g/mol. The molecule has 0 radical (unpaired) electrons. The first-order valence-electron chi connectivity index (χ1n) is 8.40. The van der Waals surface area contributed by atoms with E-state index in [2.05, 4.69) is 10.3 Å². The van der Waals surface area contributed by atoms with Crippen molar-refractivity contribution in [2.24, 2.45) is 4.99 Å². The van der Waals surface area contributed by atoms with Crippen molar-refractivity contribution in [2.75, 3.05) is 6.61 Å². The average Bonchev–Trinajstić information content (AvgIpc) is 2.63. The number of benzene rings is 2. The van der Waals surface area contributed by atoms with Crippen molar-refractivity contribution in [1.82, 2.24) is 5.32 Å². The minimum atomic E-state index is -0.635. The number of rotatable bonds is 4. The number of nitrogens with one attached hydrogen (secondary N) is 1. The Bertz CT molecular complexity index is 1140. The Hall–Kier alpha value is -2.83. The molecule has 1 N–H and O–H groups in total. The van der Waals surface area contributed by atoms with Crippen LogP contribution >= 0.6 is 23.2 Å². The first kappa shape index (κ1) is 19.9. The lowest BCUT2D eigenvalue weighted by atomic mass is 10.1. The second-order valence-electron chi connectivity index (χ2n) is 5.79. The highest BCUT2D eigenvalue weighted by atomic mass is 35.5. The lowest BCUT2D eigenvalue weighted by molar-refractivity contribution is -0.118. The van der Waals surface area contributed by atoms with E-state index >= 15 is 0 Å². The van der Waals surface area contributed by atoms with Gasteiger partial charge in [-0.05, 0) is 37.3 Å². The van der Waals surface area contributed by atoms with Gasteiger partial charge < -0.3 is 9.15 Å². The Morgan fingerprint density at radius 3 is 2.64 bits per heavy atom. The molecule has 3 rings (SSSR count). The molecular weight excluding hydrogens is 403 g/mol. The van der Waals surface area contributed by atoms with Crippen LogP contribution in [0.15, 0.2) is 51.9 Å². The molecule has 0 unspecified atom stereocenters. The summed E-state index contributed by atoms with van der Waals surface area (Å²) in [5.74, 6) is -0.621. The summed E-state index contributed by atoms with van der Waals surface area (Å²) in [6.07, 6.45) is 0. The highest BCUT2D eigenvalue weighted by Gasteiger charge is 2.16. The van der Waals surface area contributed by atoms with E-state index in [0.717, 1.165) is 0 Å². The number of carbonyl (C=O) groups is 2. The largest absolute Gasteiger partial charge is 0.490 e.